The number of benzene rings is 1. The van der Waals surface area contributed by atoms with Crippen molar-refractivity contribution in [2.75, 3.05) is 24.6 Å². The molecule has 1 fully saturated rings. The summed E-state index contributed by atoms with van der Waals surface area (Å²) in [7, 11) is 0. The van der Waals surface area contributed by atoms with Crippen LogP contribution in [0.5, 0.6) is 0 Å². The molecule has 0 amide bonds. The molecule has 1 aromatic heterocycles. The molecule has 0 spiro atoms. The van der Waals surface area contributed by atoms with Gasteiger partial charge in [0.15, 0.2) is 11.7 Å². The van der Waals surface area contributed by atoms with Gasteiger partial charge in [0.05, 0.1) is 23.7 Å². The Morgan fingerprint density at radius 3 is 2.45 bits per heavy atom. The molecule has 1 saturated heterocycles. The summed E-state index contributed by atoms with van der Waals surface area (Å²) in [5.41, 5.74) is 1.85. The number of para-hydroxylation sites is 2. The topological polar surface area (TPSA) is 79.1 Å². The lowest BCUT2D eigenvalue weighted by atomic mass is 9.91. The summed E-state index contributed by atoms with van der Waals surface area (Å²) in [6, 6.07) is 9.70. The van der Waals surface area contributed by atoms with Crippen molar-refractivity contribution in [3.8, 4) is 6.07 Å². The zero-order valence-corrected chi connectivity index (χ0v) is 17.8. The van der Waals surface area contributed by atoms with E-state index < -0.39 is 11.9 Å². The third-order valence-corrected chi connectivity index (χ3v) is 5.59. The van der Waals surface area contributed by atoms with Crippen molar-refractivity contribution in [1.82, 2.24) is 9.97 Å². The second kappa shape index (κ2) is 9.21. The lowest BCUT2D eigenvalue weighted by molar-refractivity contribution is -0.145. The molecule has 2 aromatic rings. The molecule has 6 heteroatoms. The fraction of sp³-hybridized carbons (Fsp3) is 0.565. The Kier molecular flexibility index (Phi) is 6.68. The molecule has 1 aliphatic rings. The summed E-state index contributed by atoms with van der Waals surface area (Å²) in [4.78, 5) is 24.5. The van der Waals surface area contributed by atoms with Crippen LogP contribution in [-0.4, -0.2) is 35.6 Å². The van der Waals surface area contributed by atoms with Gasteiger partial charge >= 0.3 is 5.97 Å². The molecule has 1 aliphatic heterocycles. The summed E-state index contributed by atoms with van der Waals surface area (Å²) in [5.74, 6) is 0.282. The largest absolute Gasteiger partial charge is 0.464 e. The number of carbonyl (C=O) groups excluding carboxylic acids is 1. The smallest absolute Gasteiger partial charge is 0.329 e. The lowest BCUT2D eigenvalue weighted by Crippen LogP contribution is -2.40. The molecule has 2 heterocycles. The summed E-state index contributed by atoms with van der Waals surface area (Å²) < 4.78 is 5.45. The number of piperidine rings is 1. The first-order valence-electron chi connectivity index (χ1n) is 10.5. The van der Waals surface area contributed by atoms with E-state index in [0.29, 0.717) is 35.5 Å². The van der Waals surface area contributed by atoms with Crippen LogP contribution in [0.15, 0.2) is 24.3 Å². The van der Waals surface area contributed by atoms with Crippen molar-refractivity contribution in [2.45, 2.75) is 46.5 Å². The maximum atomic E-state index is 12.8. The number of ether oxygens (including phenoxy) is 1. The molecule has 0 aliphatic carbocycles. The average Bonchev–Trinajstić information content (AvgIpc) is 2.71. The SMILES string of the molecule is CC[C@@H](C)COC(=O)[C@H](C#N)c1nc2ccccc2nc1N1C[C@H](C)C[C@H](C)C1. The molecule has 0 unspecified atom stereocenters. The van der Waals surface area contributed by atoms with Crippen LogP contribution in [0.1, 0.15) is 52.1 Å². The first-order valence-corrected chi connectivity index (χ1v) is 10.5. The standard InChI is InChI=1S/C23H30N4O2/c1-5-15(2)14-29-23(28)18(11-24)21-22(27-12-16(3)10-17(4)13-27)26-20-9-7-6-8-19(20)25-21/h6-9,15-18H,5,10,12-14H2,1-4H3/t15-,16-,17+,18-/m1/s1. The number of hydrogen-bond donors (Lipinski definition) is 0. The number of nitrogens with zero attached hydrogens (tertiary/aromatic N) is 4. The van der Waals surface area contributed by atoms with Crippen LogP contribution in [0.4, 0.5) is 5.82 Å². The van der Waals surface area contributed by atoms with Gasteiger partial charge < -0.3 is 9.64 Å². The fourth-order valence-corrected chi connectivity index (χ4v) is 3.92. The van der Waals surface area contributed by atoms with Gasteiger partial charge in [-0.3, -0.25) is 4.79 Å². The van der Waals surface area contributed by atoms with Crippen molar-refractivity contribution in [2.24, 2.45) is 17.8 Å². The first kappa shape index (κ1) is 21.0. The third kappa shape index (κ3) is 4.84. The van der Waals surface area contributed by atoms with Gasteiger partial charge in [-0.25, -0.2) is 9.97 Å². The molecule has 0 saturated carbocycles. The number of carbonyl (C=O) groups is 1. The number of fused-ring (bicyclic) bond motifs is 1. The van der Waals surface area contributed by atoms with Crippen LogP contribution < -0.4 is 4.90 Å². The van der Waals surface area contributed by atoms with Crippen LogP contribution in [0, 0.1) is 29.1 Å². The van der Waals surface area contributed by atoms with Gasteiger partial charge in [-0.05, 0) is 36.3 Å². The van der Waals surface area contributed by atoms with Gasteiger partial charge in [-0.15, -0.1) is 0 Å². The lowest BCUT2D eigenvalue weighted by Gasteiger charge is -2.36. The summed E-state index contributed by atoms with van der Waals surface area (Å²) in [6.45, 7) is 10.5. The van der Waals surface area contributed by atoms with Gasteiger partial charge in [-0.1, -0.05) is 46.2 Å². The zero-order valence-electron chi connectivity index (χ0n) is 17.8. The van der Waals surface area contributed by atoms with Crippen LogP contribution in [0.2, 0.25) is 0 Å². The minimum Gasteiger partial charge on any atom is -0.464 e. The van der Waals surface area contributed by atoms with Crippen LogP contribution in [0.3, 0.4) is 0 Å². The van der Waals surface area contributed by atoms with Gasteiger partial charge in [0.2, 0.25) is 0 Å². The second-order valence-corrected chi connectivity index (χ2v) is 8.48. The minimum absolute atomic E-state index is 0.254. The van der Waals surface area contributed by atoms with E-state index in [0.717, 1.165) is 31.4 Å². The number of nitriles is 1. The zero-order chi connectivity index (χ0) is 21.0. The van der Waals surface area contributed by atoms with Crippen LogP contribution >= 0.6 is 0 Å². The highest BCUT2D eigenvalue weighted by Crippen LogP contribution is 2.32. The van der Waals surface area contributed by atoms with Crippen molar-refractivity contribution >= 4 is 22.8 Å². The predicted octanol–water partition coefficient (Wildman–Crippen LogP) is 4.31. The van der Waals surface area contributed by atoms with E-state index in [9.17, 15) is 10.1 Å². The number of esters is 1. The monoisotopic (exact) mass is 394 g/mol. The number of hydrogen-bond acceptors (Lipinski definition) is 6. The van der Waals surface area contributed by atoms with Gasteiger partial charge in [0.25, 0.3) is 0 Å². The third-order valence-electron chi connectivity index (χ3n) is 5.59. The second-order valence-electron chi connectivity index (χ2n) is 8.48. The molecule has 1 aromatic carbocycles. The first-order chi connectivity index (χ1) is 13.9. The van der Waals surface area contributed by atoms with E-state index in [1.54, 1.807) is 0 Å². The maximum absolute atomic E-state index is 12.8. The maximum Gasteiger partial charge on any atom is 0.329 e. The van der Waals surface area contributed by atoms with E-state index in [-0.39, 0.29) is 5.92 Å². The van der Waals surface area contributed by atoms with Crippen LogP contribution in [-0.2, 0) is 9.53 Å². The molecule has 0 N–H and O–H groups in total. The number of rotatable bonds is 6. The Balaban J connectivity index is 2.02. The van der Waals surface area contributed by atoms with Crippen molar-refractivity contribution in [3.05, 3.63) is 30.0 Å². The molecule has 29 heavy (non-hydrogen) atoms. The minimum atomic E-state index is -1.08. The highest BCUT2D eigenvalue weighted by molar-refractivity contribution is 5.85. The highest BCUT2D eigenvalue weighted by atomic mass is 16.5. The molecular weight excluding hydrogens is 364 g/mol. The molecule has 6 nitrogen and oxygen atoms in total. The van der Waals surface area contributed by atoms with E-state index in [2.05, 4.69) is 24.8 Å². The van der Waals surface area contributed by atoms with Crippen molar-refractivity contribution in [3.63, 3.8) is 0 Å². The Hall–Kier alpha value is -2.68. The van der Waals surface area contributed by atoms with Gasteiger partial charge in [-0.2, -0.15) is 5.26 Å². The van der Waals surface area contributed by atoms with Gasteiger partial charge in [0, 0.05) is 13.1 Å². The van der Waals surface area contributed by atoms with Crippen molar-refractivity contribution < 1.29 is 9.53 Å². The Bertz CT molecular complexity index is 897. The molecular formula is C23H30N4O2. The molecule has 0 bridgehead atoms. The fourth-order valence-electron chi connectivity index (χ4n) is 3.92. The average molecular weight is 395 g/mol. The van der Waals surface area contributed by atoms with Crippen molar-refractivity contribution in [1.29, 1.82) is 5.26 Å². The molecule has 0 radical (unpaired) electrons. The highest BCUT2D eigenvalue weighted by Gasteiger charge is 2.32. The molecule has 3 rings (SSSR count). The molecule has 4 atom stereocenters. The van der Waals surface area contributed by atoms with E-state index in [1.807, 2.05) is 38.1 Å². The molecule has 154 valence electrons. The Morgan fingerprint density at radius 2 is 1.86 bits per heavy atom. The number of aromatic nitrogens is 2. The quantitative estimate of drug-likeness (QED) is 0.679. The van der Waals surface area contributed by atoms with Gasteiger partial charge in [0.1, 0.15) is 5.69 Å². The normalized spacial score (nSPS) is 21.4. The predicted molar refractivity (Wildman–Crippen MR) is 113 cm³/mol. The van der Waals surface area contributed by atoms with E-state index >= 15 is 0 Å². The Labute approximate surface area is 172 Å². The Morgan fingerprint density at radius 1 is 1.24 bits per heavy atom. The summed E-state index contributed by atoms with van der Waals surface area (Å²) in [6.07, 6.45) is 2.07. The number of anilines is 1. The summed E-state index contributed by atoms with van der Waals surface area (Å²) >= 11 is 0. The van der Waals surface area contributed by atoms with Crippen LogP contribution in [0.25, 0.3) is 11.0 Å². The van der Waals surface area contributed by atoms with E-state index in [1.165, 1.54) is 0 Å². The van der Waals surface area contributed by atoms with E-state index in [4.69, 9.17) is 14.7 Å². The summed E-state index contributed by atoms with van der Waals surface area (Å²) in [5, 5.41) is 9.83.